The average Bonchev–Trinajstić information content (AvgIpc) is 3.61. The second kappa shape index (κ2) is 10.4. The summed E-state index contributed by atoms with van der Waals surface area (Å²) in [6.07, 6.45) is 4.05. The van der Waals surface area contributed by atoms with E-state index in [-0.39, 0.29) is 5.91 Å². The monoisotopic (exact) mass is 466 g/mol. The zero-order valence-corrected chi connectivity index (χ0v) is 19.2. The third kappa shape index (κ3) is 5.48. The Labute approximate surface area is 186 Å². The third-order valence-electron chi connectivity index (χ3n) is 4.89. The molecule has 0 atom stereocenters. The second-order valence-electron chi connectivity index (χ2n) is 7.05. The van der Waals surface area contributed by atoms with Gasteiger partial charge >= 0.3 is 0 Å². The standard InChI is InChI=1S/C23H21BrN2O2.C2H6/c1-15-18(17-6-3-2-4-7-17)8-5-9-20(15)26-23(27)21-12-22(19(24)13-25-21)28-14-16-10-11-16;1-2/h2-9,12-13,16H,10-11,14H2,1H3,(H,26,27);1-2H3. The number of nitrogens with one attached hydrogen (secondary N) is 1. The Morgan fingerprint density at radius 1 is 1.13 bits per heavy atom. The van der Waals surface area contributed by atoms with Crippen molar-refractivity contribution in [3.8, 4) is 16.9 Å². The number of hydrogen-bond acceptors (Lipinski definition) is 3. The first-order chi connectivity index (χ1) is 14.6. The molecule has 4 rings (SSSR count). The fourth-order valence-corrected chi connectivity index (χ4v) is 3.37. The molecule has 156 valence electrons. The van der Waals surface area contributed by atoms with E-state index in [1.165, 1.54) is 12.8 Å². The van der Waals surface area contributed by atoms with Gasteiger partial charge in [-0.25, -0.2) is 4.98 Å². The number of benzene rings is 2. The maximum atomic E-state index is 12.8. The lowest BCUT2D eigenvalue weighted by Gasteiger charge is -2.13. The zero-order valence-electron chi connectivity index (χ0n) is 17.6. The minimum Gasteiger partial charge on any atom is -0.492 e. The number of carbonyl (C=O) groups excluding carboxylic acids is 1. The maximum absolute atomic E-state index is 12.8. The van der Waals surface area contributed by atoms with Gasteiger partial charge in [-0.1, -0.05) is 56.3 Å². The van der Waals surface area contributed by atoms with E-state index in [4.69, 9.17) is 4.74 Å². The van der Waals surface area contributed by atoms with Crippen molar-refractivity contribution in [2.24, 2.45) is 5.92 Å². The zero-order chi connectivity index (χ0) is 21.5. The van der Waals surface area contributed by atoms with Crippen LogP contribution >= 0.6 is 15.9 Å². The summed E-state index contributed by atoms with van der Waals surface area (Å²) < 4.78 is 6.59. The van der Waals surface area contributed by atoms with Crippen molar-refractivity contribution in [1.29, 1.82) is 0 Å². The Balaban J connectivity index is 0.00000124. The predicted octanol–water partition coefficient (Wildman–Crippen LogP) is 6.89. The van der Waals surface area contributed by atoms with E-state index in [1.54, 1.807) is 12.3 Å². The number of hydrogen-bond donors (Lipinski definition) is 1. The molecule has 0 saturated heterocycles. The molecule has 0 aliphatic heterocycles. The van der Waals surface area contributed by atoms with Gasteiger partial charge in [-0.2, -0.15) is 0 Å². The van der Waals surface area contributed by atoms with Crippen molar-refractivity contribution >= 4 is 27.5 Å². The highest BCUT2D eigenvalue weighted by atomic mass is 79.9. The molecule has 1 aliphatic rings. The van der Waals surface area contributed by atoms with Crippen LogP contribution in [0.25, 0.3) is 11.1 Å². The Bertz CT molecular complexity index is 1000. The van der Waals surface area contributed by atoms with Crippen LogP contribution in [0.15, 0.2) is 65.3 Å². The number of rotatable bonds is 6. The SMILES string of the molecule is CC.Cc1c(NC(=O)c2cc(OCC3CC3)c(Br)cn2)cccc1-c1ccccc1. The van der Waals surface area contributed by atoms with Crippen molar-refractivity contribution in [3.63, 3.8) is 0 Å². The van der Waals surface area contributed by atoms with Crippen molar-refractivity contribution in [2.75, 3.05) is 11.9 Å². The van der Waals surface area contributed by atoms with Crippen molar-refractivity contribution in [3.05, 3.63) is 76.5 Å². The molecule has 30 heavy (non-hydrogen) atoms. The molecule has 1 aromatic heterocycles. The highest BCUT2D eigenvalue weighted by molar-refractivity contribution is 9.10. The van der Waals surface area contributed by atoms with E-state index in [0.29, 0.717) is 24.0 Å². The fraction of sp³-hybridized carbons (Fsp3) is 0.280. The quantitative estimate of drug-likeness (QED) is 0.430. The van der Waals surface area contributed by atoms with Crippen LogP contribution in [0.3, 0.4) is 0 Å². The second-order valence-corrected chi connectivity index (χ2v) is 7.91. The molecule has 0 spiro atoms. The molecule has 3 aromatic rings. The summed E-state index contributed by atoms with van der Waals surface area (Å²) in [5, 5.41) is 2.99. The molecule has 1 aliphatic carbocycles. The van der Waals surface area contributed by atoms with Crippen LogP contribution in [0.5, 0.6) is 5.75 Å². The minimum atomic E-state index is -0.253. The van der Waals surface area contributed by atoms with E-state index in [2.05, 4.69) is 44.4 Å². The van der Waals surface area contributed by atoms with Crippen molar-refractivity contribution in [2.45, 2.75) is 33.6 Å². The summed E-state index contributed by atoms with van der Waals surface area (Å²) in [6, 6.07) is 17.7. The summed E-state index contributed by atoms with van der Waals surface area (Å²) in [5.74, 6) is 1.04. The molecule has 1 N–H and O–H groups in total. The van der Waals surface area contributed by atoms with Crippen molar-refractivity contribution in [1.82, 2.24) is 4.98 Å². The molecular formula is C25H27BrN2O2. The lowest BCUT2D eigenvalue weighted by molar-refractivity contribution is 0.102. The number of anilines is 1. The highest BCUT2D eigenvalue weighted by Crippen LogP contribution is 2.32. The van der Waals surface area contributed by atoms with Gasteiger partial charge in [0.15, 0.2) is 0 Å². The maximum Gasteiger partial charge on any atom is 0.274 e. The lowest BCUT2D eigenvalue weighted by Crippen LogP contribution is -2.15. The van der Waals surface area contributed by atoms with Gasteiger partial charge in [0.1, 0.15) is 11.4 Å². The summed E-state index contributed by atoms with van der Waals surface area (Å²) >= 11 is 3.44. The summed E-state index contributed by atoms with van der Waals surface area (Å²) in [7, 11) is 0. The molecule has 1 fully saturated rings. The topological polar surface area (TPSA) is 51.2 Å². The Hall–Kier alpha value is -2.66. The van der Waals surface area contributed by atoms with Gasteiger partial charge in [0, 0.05) is 18.0 Å². The van der Waals surface area contributed by atoms with Crippen LogP contribution in [0.4, 0.5) is 5.69 Å². The first-order valence-corrected chi connectivity index (χ1v) is 11.2. The Kier molecular flexibility index (Phi) is 7.63. The van der Waals surface area contributed by atoms with E-state index in [0.717, 1.165) is 26.9 Å². The summed E-state index contributed by atoms with van der Waals surface area (Å²) in [6.45, 7) is 6.69. The molecule has 0 unspecified atom stereocenters. The molecule has 1 saturated carbocycles. The van der Waals surface area contributed by atoms with Crippen LogP contribution in [-0.4, -0.2) is 17.5 Å². The van der Waals surface area contributed by atoms with Gasteiger partial charge in [-0.3, -0.25) is 4.79 Å². The highest BCUT2D eigenvalue weighted by Gasteiger charge is 2.23. The van der Waals surface area contributed by atoms with E-state index in [9.17, 15) is 4.79 Å². The van der Waals surface area contributed by atoms with Crippen LogP contribution in [-0.2, 0) is 0 Å². The van der Waals surface area contributed by atoms with Gasteiger partial charge in [0.05, 0.1) is 11.1 Å². The number of pyridine rings is 1. The van der Waals surface area contributed by atoms with Crippen molar-refractivity contribution < 1.29 is 9.53 Å². The Morgan fingerprint density at radius 2 is 1.87 bits per heavy atom. The predicted molar refractivity (Wildman–Crippen MR) is 126 cm³/mol. The molecule has 5 heteroatoms. The Morgan fingerprint density at radius 3 is 2.57 bits per heavy atom. The molecule has 1 amide bonds. The first kappa shape index (κ1) is 22.0. The number of nitrogens with zero attached hydrogens (tertiary/aromatic N) is 1. The fourth-order valence-electron chi connectivity index (χ4n) is 3.04. The summed E-state index contributed by atoms with van der Waals surface area (Å²) in [5.41, 5.74) is 4.34. The number of ether oxygens (including phenoxy) is 1. The molecule has 0 bridgehead atoms. The summed E-state index contributed by atoms with van der Waals surface area (Å²) in [4.78, 5) is 17.0. The van der Waals surface area contributed by atoms with Gasteiger partial charge < -0.3 is 10.1 Å². The average molecular weight is 467 g/mol. The molecule has 0 radical (unpaired) electrons. The van der Waals surface area contributed by atoms with E-state index < -0.39 is 0 Å². The lowest BCUT2D eigenvalue weighted by atomic mass is 9.99. The normalized spacial score (nSPS) is 12.5. The van der Waals surface area contributed by atoms with Gasteiger partial charge in [0.2, 0.25) is 0 Å². The number of amides is 1. The number of aromatic nitrogens is 1. The molecular weight excluding hydrogens is 440 g/mol. The van der Waals surface area contributed by atoms with Gasteiger partial charge in [-0.05, 0) is 64.4 Å². The molecule has 1 heterocycles. The number of halogens is 1. The minimum absolute atomic E-state index is 0.253. The van der Waals surface area contributed by atoms with E-state index >= 15 is 0 Å². The van der Waals surface area contributed by atoms with Crippen LogP contribution in [0.2, 0.25) is 0 Å². The first-order valence-electron chi connectivity index (χ1n) is 10.4. The number of carbonyl (C=O) groups is 1. The molecule has 4 nitrogen and oxygen atoms in total. The molecule has 2 aromatic carbocycles. The smallest absolute Gasteiger partial charge is 0.274 e. The van der Waals surface area contributed by atoms with E-state index in [1.807, 2.05) is 51.1 Å². The third-order valence-corrected chi connectivity index (χ3v) is 5.49. The van der Waals surface area contributed by atoms with Crippen LogP contribution < -0.4 is 10.1 Å². The van der Waals surface area contributed by atoms with Crippen LogP contribution in [0.1, 0.15) is 42.7 Å². The van der Waals surface area contributed by atoms with Gasteiger partial charge in [-0.15, -0.1) is 0 Å². The van der Waals surface area contributed by atoms with Gasteiger partial charge in [0.25, 0.3) is 5.91 Å². The van der Waals surface area contributed by atoms with Crippen LogP contribution in [0, 0.1) is 12.8 Å². The largest absolute Gasteiger partial charge is 0.492 e.